The number of hydrogen-bond donors (Lipinski definition) is 1. The summed E-state index contributed by atoms with van der Waals surface area (Å²) in [6, 6.07) is 16.2. The third-order valence-electron chi connectivity index (χ3n) is 3.07. The van der Waals surface area contributed by atoms with E-state index in [0.717, 1.165) is 31.2 Å². The van der Waals surface area contributed by atoms with Gasteiger partial charge >= 0.3 is 0 Å². The Kier molecular flexibility index (Phi) is 10.6. The van der Waals surface area contributed by atoms with Crippen molar-refractivity contribution in [3.8, 4) is 0 Å². The number of hydrogen-bond acceptors (Lipinski definition) is 1. The van der Waals surface area contributed by atoms with E-state index in [1.807, 2.05) is 42.5 Å². The first kappa shape index (κ1) is 18.2. The van der Waals surface area contributed by atoms with Gasteiger partial charge in [0.1, 0.15) is 0 Å². The first-order valence-electron chi connectivity index (χ1n) is 6.88. The fourth-order valence-corrected chi connectivity index (χ4v) is 1.99. The minimum Gasteiger partial charge on any atom is -0.748 e. The molecule has 0 saturated carbocycles. The molecule has 0 aliphatic carbocycles. The third-order valence-corrected chi connectivity index (χ3v) is 3.07. The van der Waals surface area contributed by atoms with Crippen molar-refractivity contribution in [3.63, 3.8) is 0 Å². The van der Waals surface area contributed by atoms with Crippen molar-refractivity contribution in [2.45, 2.75) is 45.6 Å². The van der Waals surface area contributed by atoms with E-state index in [1.165, 1.54) is 5.56 Å². The van der Waals surface area contributed by atoms with E-state index in [0.29, 0.717) is 0 Å². The first-order valence-corrected chi connectivity index (χ1v) is 6.88. The van der Waals surface area contributed by atoms with Crippen molar-refractivity contribution >= 4 is 0 Å². The molecule has 1 nitrogen and oxygen atoms in total. The van der Waals surface area contributed by atoms with Gasteiger partial charge in [0.15, 0.2) is 0 Å². The van der Waals surface area contributed by atoms with Gasteiger partial charge in [0, 0.05) is 23.2 Å². The molecular formula is C17H24FeO-6. The fourth-order valence-electron chi connectivity index (χ4n) is 1.99. The SMILES string of the molecule is CCCCC(O)[c-]1cccc1CC.[Fe].[cH-]1[cH-][cH-][cH-][cH-]1. The van der Waals surface area contributed by atoms with E-state index in [2.05, 4.69) is 19.9 Å². The van der Waals surface area contributed by atoms with Crippen LogP contribution in [0.15, 0.2) is 48.5 Å². The van der Waals surface area contributed by atoms with Crippen LogP contribution in [0.1, 0.15) is 50.3 Å². The Morgan fingerprint density at radius 2 is 1.74 bits per heavy atom. The Morgan fingerprint density at radius 1 is 1.16 bits per heavy atom. The molecule has 0 fully saturated rings. The second-order valence-electron chi connectivity index (χ2n) is 4.48. The smallest absolute Gasteiger partial charge is 0.0353 e. The van der Waals surface area contributed by atoms with Crippen LogP contribution in [0.3, 0.4) is 0 Å². The maximum atomic E-state index is 9.85. The molecular weight excluding hydrogens is 276 g/mol. The van der Waals surface area contributed by atoms with Gasteiger partial charge in [-0.2, -0.15) is 11.6 Å². The standard InChI is InChI=1S/C12H19O.C5H5.Fe/c1-3-5-9-12(13)11-8-6-7-10(11)4-2;1-2-4-5-3-1;/h6-8,12-13H,3-5,9H2,1-2H3;1-5H;/q-1;-5;. The number of rotatable bonds is 5. The second-order valence-corrected chi connectivity index (χ2v) is 4.48. The van der Waals surface area contributed by atoms with Crippen molar-refractivity contribution in [1.82, 2.24) is 0 Å². The minimum absolute atomic E-state index is 0. The molecule has 1 unspecified atom stereocenters. The van der Waals surface area contributed by atoms with Gasteiger partial charge in [-0.3, -0.25) is 0 Å². The summed E-state index contributed by atoms with van der Waals surface area (Å²) in [6.45, 7) is 4.28. The maximum absolute atomic E-state index is 9.85. The van der Waals surface area contributed by atoms with Crippen molar-refractivity contribution in [1.29, 1.82) is 0 Å². The van der Waals surface area contributed by atoms with Crippen molar-refractivity contribution < 1.29 is 22.2 Å². The van der Waals surface area contributed by atoms with E-state index >= 15 is 0 Å². The molecule has 0 aliphatic rings. The second kappa shape index (κ2) is 11.0. The van der Waals surface area contributed by atoms with Gasteiger partial charge in [0.05, 0.1) is 0 Å². The van der Waals surface area contributed by atoms with Crippen LogP contribution < -0.4 is 0 Å². The van der Waals surface area contributed by atoms with Crippen molar-refractivity contribution in [2.24, 2.45) is 0 Å². The quantitative estimate of drug-likeness (QED) is 0.632. The monoisotopic (exact) mass is 300 g/mol. The van der Waals surface area contributed by atoms with Crippen LogP contribution in [0.25, 0.3) is 0 Å². The van der Waals surface area contributed by atoms with E-state index in [1.54, 1.807) is 0 Å². The number of unbranched alkanes of at least 4 members (excludes halogenated alkanes) is 1. The Bertz CT molecular complexity index is 372. The van der Waals surface area contributed by atoms with Crippen LogP contribution in [0.2, 0.25) is 0 Å². The molecule has 0 bridgehead atoms. The summed E-state index contributed by atoms with van der Waals surface area (Å²) in [5.41, 5.74) is 2.43. The Morgan fingerprint density at radius 3 is 2.21 bits per heavy atom. The molecule has 1 atom stereocenters. The van der Waals surface area contributed by atoms with Gasteiger partial charge in [-0.25, -0.2) is 12.1 Å². The van der Waals surface area contributed by atoms with Gasteiger partial charge in [0.2, 0.25) is 0 Å². The zero-order valence-corrected chi connectivity index (χ0v) is 12.9. The Labute approximate surface area is 127 Å². The normalized spacial score (nSPS) is 11.1. The molecule has 2 aromatic rings. The zero-order chi connectivity index (χ0) is 13.2. The van der Waals surface area contributed by atoms with E-state index < -0.39 is 0 Å². The average molecular weight is 300 g/mol. The van der Waals surface area contributed by atoms with Crippen LogP contribution >= 0.6 is 0 Å². The Hall–Kier alpha value is -0.821. The topological polar surface area (TPSA) is 20.2 Å². The average Bonchev–Trinajstić information content (AvgIpc) is 3.07. The Balaban J connectivity index is 0.000000454. The molecule has 0 saturated heterocycles. The van der Waals surface area contributed by atoms with Crippen molar-refractivity contribution in [3.05, 3.63) is 59.7 Å². The van der Waals surface area contributed by atoms with Gasteiger partial charge in [-0.15, -0.1) is 5.56 Å². The van der Waals surface area contributed by atoms with Gasteiger partial charge in [-0.05, 0) is 6.42 Å². The van der Waals surface area contributed by atoms with Gasteiger partial charge < -0.3 is 35.4 Å². The van der Waals surface area contributed by atoms with Crippen LogP contribution in [0, 0.1) is 0 Å². The first-order chi connectivity index (χ1) is 8.79. The summed E-state index contributed by atoms with van der Waals surface area (Å²) in [7, 11) is 0. The molecule has 1 N–H and O–H groups in total. The molecule has 0 heterocycles. The predicted molar refractivity (Wildman–Crippen MR) is 77.9 cm³/mol. The molecule has 0 aliphatic heterocycles. The fraction of sp³-hybridized carbons (Fsp3) is 0.412. The summed E-state index contributed by atoms with van der Waals surface area (Å²) in [5.74, 6) is 0. The van der Waals surface area contributed by atoms with E-state index in [9.17, 15) is 5.11 Å². The van der Waals surface area contributed by atoms with Gasteiger partial charge in [-0.1, -0.05) is 33.1 Å². The molecule has 2 heteroatoms. The third kappa shape index (κ3) is 6.77. The largest absolute Gasteiger partial charge is 0.748 e. The summed E-state index contributed by atoms with van der Waals surface area (Å²) >= 11 is 0. The molecule has 2 rings (SSSR count). The number of aryl methyl sites for hydroxylation is 1. The number of aliphatic hydroxyl groups is 1. The molecule has 19 heavy (non-hydrogen) atoms. The summed E-state index contributed by atoms with van der Waals surface area (Å²) in [4.78, 5) is 0. The van der Waals surface area contributed by atoms with Crippen LogP contribution in [-0.2, 0) is 23.5 Å². The molecule has 0 radical (unpaired) electrons. The van der Waals surface area contributed by atoms with E-state index in [-0.39, 0.29) is 23.2 Å². The molecule has 0 amide bonds. The molecule has 0 spiro atoms. The van der Waals surface area contributed by atoms with Crippen molar-refractivity contribution in [2.75, 3.05) is 0 Å². The minimum atomic E-state index is -0.245. The molecule has 0 aromatic heterocycles. The van der Waals surface area contributed by atoms with Gasteiger partial charge in [0.25, 0.3) is 0 Å². The van der Waals surface area contributed by atoms with Crippen LogP contribution in [-0.4, -0.2) is 5.11 Å². The zero-order valence-electron chi connectivity index (χ0n) is 11.8. The summed E-state index contributed by atoms with van der Waals surface area (Å²) in [6.07, 6.45) is 3.93. The number of aliphatic hydroxyl groups excluding tert-OH is 1. The molecule has 112 valence electrons. The van der Waals surface area contributed by atoms with E-state index in [4.69, 9.17) is 0 Å². The maximum Gasteiger partial charge on any atom is 0.0353 e. The summed E-state index contributed by atoms with van der Waals surface area (Å²) < 4.78 is 0. The van der Waals surface area contributed by atoms with Crippen LogP contribution in [0.5, 0.6) is 0 Å². The summed E-state index contributed by atoms with van der Waals surface area (Å²) in [5, 5.41) is 9.85. The van der Waals surface area contributed by atoms with Crippen LogP contribution in [0.4, 0.5) is 0 Å². The molecule has 2 aromatic carbocycles. The predicted octanol–water partition coefficient (Wildman–Crippen LogP) is 4.59.